The van der Waals surface area contributed by atoms with Crippen LogP contribution in [-0.4, -0.2) is 36.9 Å². The van der Waals surface area contributed by atoms with E-state index in [-0.39, 0.29) is 5.78 Å². The average molecular weight is 339 g/mol. The highest BCUT2D eigenvalue weighted by atomic mass is 16.5. The van der Waals surface area contributed by atoms with E-state index in [0.717, 1.165) is 43.8 Å². The number of Topliss-reactive ketones (excluding diaryl/α,β-unsaturated/α-hetero) is 1. The molecule has 0 bridgehead atoms. The molecule has 0 unspecified atom stereocenters. The Kier molecular flexibility index (Phi) is 8.20. The van der Waals surface area contributed by atoms with Gasteiger partial charge in [-0.2, -0.15) is 0 Å². The zero-order valence-electron chi connectivity index (χ0n) is 15.4. The van der Waals surface area contributed by atoms with Crippen molar-refractivity contribution in [1.29, 1.82) is 0 Å². The summed E-state index contributed by atoms with van der Waals surface area (Å²) in [4.78, 5) is 14.6. The first-order chi connectivity index (χ1) is 12.2. The Morgan fingerprint density at radius 2 is 1.64 bits per heavy atom. The second-order valence-electron chi connectivity index (χ2n) is 6.16. The first kappa shape index (κ1) is 19.2. The van der Waals surface area contributed by atoms with Crippen LogP contribution >= 0.6 is 0 Å². The van der Waals surface area contributed by atoms with Gasteiger partial charge in [0.15, 0.2) is 5.78 Å². The van der Waals surface area contributed by atoms with Gasteiger partial charge >= 0.3 is 0 Å². The topological polar surface area (TPSA) is 29.5 Å². The van der Waals surface area contributed by atoms with Gasteiger partial charge in [-0.15, -0.1) is 0 Å². The first-order valence-electron chi connectivity index (χ1n) is 9.25. The summed E-state index contributed by atoms with van der Waals surface area (Å²) in [5.74, 6) is 1.03. The quantitative estimate of drug-likeness (QED) is 0.560. The number of nitrogens with zero attached hydrogens (tertiary/aromatic N) is 1. The highest BCUT2D eigenvalue weighted by Gasteiger charge is 2.06. The van der Waals surface area contributed by atoms with Crippen LogP contribution in [0.25, 0.3) is 0 Å². The van der Waals surface area contributed by atoms with E-state index in [1.165, 1.54) is 5.56 Å². The molecule has 0 saturated carbocycles. The number of hydrogen-bond acceptors (Lipinski definition) is 3. The monoisotopic (exact) mass is 339 g/mol. The lowest BCUT2D eigenvalue weighted by atomic mass is 10.0. The van der Waals surface area contributed by atoms with Crippen molar-refractivity contribution in [3.63, 3.8) is 0 Å². The van der Waals surface area contributed by atoms with Crippen molar-refractivity contribution >= 4 is 5.78 Å². The summed E-state index contributed by atoms with van der Waals surface area (Å²) in [5, 5.41) is 0. The summed E-state index contributed by atoms with van der Waals surface area (Å²) < 4.78 is 5.76. The fourth-order valence-corrected chi connectivity index (χ4v) is 2.81. The highest BCUT2D eigenvalue weighted by Crippen LogP contribution is 2.15. The Morgan fingerprint density at radius 1 is 0.960 bits per heavy atom. The zero-order valence-corrected chi connectivity index (χ0v) is 15.4. The third kappa shape index (κ3) is 6.71. The Balaban J connectivity index is 1.74. The molecule has 0 N–H and O–H groups in total. The maximum atomic E-state index is 12.3. The van der Waals surface area contributed by atoms with Gasteiger partial charge in [-0.3, -0.25) is 4.79 Å². The molecule has 0 aliphatic carbocycles. The van der Waals surface area contributed by atoms with E-state index in [2.05, 4.69) is 30.9 Å². The van der Waals surface area contributed by atoms with E-state index in [9.17, 15) is 4.79 Å². The molecule has 0 heterocycles. The van der Waals surface area contributed by atoms with Crippen molar-refractivity contribution in [2.75, 3.05) is 26.2 Å². The number of ketones is 1. The molecule has 0 aliphatic rings. The van der Waals surface area contributed by atoms with Crippen LogP contribution in [0.2, 0.25) is 0 Å². The molecule has 3 heteroatoms. The third-order valence-electron chi connectivity index (χ3n) is 4.46. The van der Waals surface area contributed by atoms with E-state index in [1.54, 1.807) is 0 Å². The molecule has 3 nitrogen and oxygen atoms in total. The van der Waals surface area contributed by atoms with Gasteiger partial charge in [0.2, 0.25) is 0 Å². The number of carbonyl (C=O) groups excluding carboxylic acids is 1. The number of likely N-dealkylation sites (N-methyl/N-ethyl adjacent to an activating group) is 1. The van der Waals surface area contributed by atoms with Crippen LogP contribution in [0.4, 0.5) is 0 Å². The normalized spacial score (nSPS) is 10.8. The minimum atomic E-state index is 0.200. The lowest BCUT2D eigenvalue weighted by Crippen LogP contribution is -2.27. The largest absolute Gasteiger partial charge is 0.492 e. The highest BCUT2D eigenvalue weighted by molar-refractivity contribution is 5.96. The van der Waals surface area contributed by atoms with Gasteiger partial charge in [-0.05, 0) is 55.8 Å². The van der Waals surface area contributed by atoms with Gasteiger partial charge in [0, 0.05) is 18.5 Å². The fourth-order valence-electron chi connectivity index (χ4n) is 2.81. The smallest absolute Gasteiger partial charge is 0.162 e. The van der Waals surface area contributed by atoms with Crippen molar-refractivity contribution in [3.05, 3.63) is 65.7 Å². The van der Waals surface area contributed by atoms with Crippen LogP contribution in [0.3, 0.4) is 0 Å². The number of aryl methyl sites for hydroxylation is 1. The molecule has 25 heavy (non-hydrogen) atoms. The molecule has 0 radical (unpaired) electrons. The van der Waals surface area contributed by atoms with E-state index in [4.69, 9.17) is 4.74 Å². The van der Waals surface area contributed by atoms with Crippen LogP contribution in [0.5, 0.6) is 5.75 Å². The molecule has 0 amide bonds. The first-order valence-corrected chi connectivity index (χ1v) is 9.25. The summed E-state index contributed by atoms with van der Waals surface area (Å²) in [7, 11) is 0. The van der Waals surface area contributed by atoms with Crippen molar-refractivity contribution in [3.8, 4) is 5.75 Å². The van der Waals surface area contributed by atoms with Gasteiger partial charge < -0.3 is 9.64 Å². The molecule has 0 atom stereocenters. The maximum absolute atomic E-state index is 12.3. The molecule has 0 aliphatic heterocycles. The standard InChI is InChI=1S/C22H29NO2/c1-3-23(4-2)17-18-25-21-15-13-20(14-16-21)22(24)12-8-11-19-9-6-5-7-10-19/h5-7,9-10,13-16H,3-4,8,11-12,17-18H2,1-2H3. The minimum absolute atomic E-state index is 0.200. The minimum Gasteiger partial charge on any atom is -0.492 e. The lowest BCUT2D eigenvalue weighted by molar-refractivity contribution is 0.0980. The number of rotatable bonds is 11. The molecule has 0 saturated heterocycles. The predicted octanol–water partition coefficient (Wildman–Crippen LogP) is 4.61. The summed E-state index contributed by atoms with van der Waals surface area (Å²) in [6.45, 7) is 7.98. The number of ether oxygens (including phenoxy) is 1. The Hall–Kier alpha value is -2.13. The molecule has 2 rings (SSSR count). The molecule has 0 spiro atoms. The van der Waals surface area contributed by atoms with Crippen LogP contribution < -0.4 is 4.74 Å². The second kappa shape index (κ2) is 10.7. The van der Waals surface area contributed by atoms with Crippen LogP contribution in [0.15, 0.2) is 54.6 Å². The Bertz CT molecular complexity index is 618. The predicted molar refractivity (Wildman–Crippen MR) is 103 cm³/mol. The number of carbonyl (C=O) groups is 1. The fraction of sp³-hybridized carbons (Fsp3) is 0.409. The lowest BCUT2D eigenvalue weighted by Gasteiger charge is -2.18. The van der Waals surface area contributed by atoms with E-state index in [0.29, 0.717) is 13.0 Å². The SMILES string of the molecule is CCN(CC)CCOc1ccc(C(=O)CCCc2ccccc2)cc1. The van der Waals surface area contributed by atoms with Gasteiger partial charge in [0.25, 0.3) is 0 Å². The molecule has 2 aromatic carbocycles. The van der Waals surface area contributed by atoms with Crippen molar-refractivity contribution < 1.29 is 9.53 Å². The second-order valence-corrected chi connectivity index (χ2v) is 6.16. The summed E-state index contributed by atoms with van der Waals surface area (Å²) in [6, 6.07) is 17.8. The molecule has 134 valence electrons. The van der Waals surface area contributed by atoms with Crippen LogP contribution in [0, 0.1) is 0 Å². The van der Waals surface area contributed by atoms with E-state index in [1.807, 2.05) is 42.5 Å². The van der Waals surface area contributed by atoms with Gasteiger partial charge in [0.1, 0.15) is 12.4 Å². The van der Waals surface area contributed by atoms with Crippen LogP contribution in [0.1, 0.15) is 42.6 Å². The summed E-state index contributed by atoms with van der Waals surface area (Å²) >= 11 is 0. The summed E-state index contributed by atoms with van der Waals surface area (Å²) in [6.07, 6.45) is 2.40. The van der Waals surface area contributed by atoms with Gasteiger partial charge in [0.05, 0.1) is 0 Å². The Morgan fingerprint density at radius 3 is 2.28 bits per heavy atom. The molecule has 2 aromatic rings. The molecule has 0 fully saturated rings. The van der Waals surface area contributed by atoms with E-state index < -0.39 is 0 Å². The van der Waals surface area contributed by atoms with Crippen molar-refractivity contribution in [2.45, 2.75) is 33.1 Å². The van der Waals surface area contributed by atoms with E-state index >= 15 is 0 Å². The maximum Gasteiger partial charge on any atom is 0.162 e. The Labute approximate surface area is 151 Å². The van der Waals surface area contributed by atoms with Crippen molar-refractivity contribution in [2.24, 2.45) is 0 Å². The van der Waals surface area contributed by atoms with Crippen molar-refractivity contribution in [1.82, 2.24) is 4.90 Å². The third-order valence-corrected chi connectivity index (χ3v) is 4.46. The zero-order chi connectivity index (χ0) is 17.9. The average Bonchev–Trinajstić information content (AvgIpc) is 2.66. The molecule has 0 aromatic heterocycles. The van der Waals surface area contributed by atoms with Crippen LogP contribution in [-0.2, 0) is 6.42 Å². The number of hydrogen-bond donors (Lipinski definition) is 0. The number of benzene rings is 2. The molecular formula is C22H29NO2. The van der Waals surface area contributed by atoms with Gasteiger partial charge in [-0.25, -0.2) is 0 Å². The molecular weight excluding hydrogens is 310 g/mol. The summed E-state index contributed by atoms with van der Waals surface area (Å²) in [5.41, 5.74) is 2.05. The van der Waals surface area contributed by atoms with Gasteiger partial charge in [-0.1, -0.05) is 44.2 Å².